The summed E-state index contributed by atoms with van der Waals surface area (Å²) in [7, 11) is 0. The first kappa shape index (κ1) is 16.3. The standard InChI is InChI=1S/C16H17N7S/c1-4-8-23-15(13-10-17-6-7-18-13)21-22-16(23)24-14-9-12(5-2)19-11(3)20-14/h4,6-7,9-10H,1,5,8H2,2-3H3. The molecule has 0 saturated carbocycles. The van der Waals surface area contributed by atoms with Crippen molar-refractivity contribution in [3.63, 3.8) is 0 Å². The molecule has 3 heterocycles. The highest BCUT2D eigenvalue weighted by molar-refractivity contribution is 7.99. The molecule has 0 spiro atoms. The van der Waals surface area contributed by atoms with Gasteiger partial charge in [-0.3, -0.25) is 9.55 Å². The predicted octanol–water partition coefficient (Wildman–Crippen LogP) is 2.73. The van der Waals surface area contributed by atoms with Gasteiger partial charge >= 0.3 is 0 Å². The summed E-state index contributed by atoms with van der Waals surface area (Å²) in [4.78, 5) is 17.3. The van der Waals surface area contributed by atoms with E-state index in [4.69, 9.17) is 0 Å². The molecule has 0 aliphatic rings. The molecule has 122 valence electrons. The van der Waals surface area contributed by atoms with Gasteiger partial charge in [0.1, 0.15) is 16.5 Å². The number of aryl methyl sites for hydroxylation is 2. The van der Waals surface area contributed by atoms with Crippen LogP contribution in [0, 0.1) is 6.92 Å². The van der Waals surface area contributed by atoms with Crippen molar-refractivity contribution in [2.45, 2.75) is 37.0 Å². The molecule has 0 saturated heterocycles. The van der Waals surface area contributed by atoms with E-state index in [1.807, 2.05) is 17.6 Å². The Hall–Kier alpha value is -2.61. The largest absolute Gasteiger partial charge is 0.296 e. The Morgan fingerprint density at radius 3 is 2.83 bits per heavy atom. The molecule has 3 aromatic rings. The van der Waals surface area contributed by atoms with Crippen LogP contribution in [0.15, 0.2) is 47.5 Å². The summed E-state index contributed by atoms with van der Waals surface area (Å²) in [6.07, 6.45) is 7.60. The fourth-order valence-corrected chi connectivity index (χ4v) is 3.10. The summed E-state index contributed by atoms with van der Waals surface area (Å²) in [6.45, 7) is 8.35. The second-order valence-corrected chi connectivity index (χ2v) is 5.98. The first-order valence-electron chi connectivity index (χ1n) is 7.54. The zero-order valence-electron chi connectivity index (χ0n) is 13.5. The summed E-state index contributed by atoms with van der Waals surface area (Å²) in [5, 5.41) is 10.1. The van der Waals surface area contributed by atoms with Gasteiger partial charge in [0.05, 0.1) is 6.20 Å². The fraction of sp³-hybridized carbons (Fsp3) is 0.250. The van der Waals surface area contributed by atoms with E-state index in [0.717, 1.165) is 28.1 Å². The van der Waals surface area contributed by atoms with E-state index in [2.05, 4.69) is 43.6 Å². The molecule has 24 heavy (non-hydrogen) atoms. The van der Waals surface area contributed by atoms with Crippen molar-refractivity contribution in [2.24, 2.45) is 0 Å². The molecule has 0 aliphatic carbocycles. The van der Waals surface area contributed by atoms with Crippen molar-refractivity contribution in [1.29, 1.82) is 0 Å². The van der Waals surface area contributed by atoms with Crippen LogP contribution in [0.5, 0.6) is 0 Å². The molecule has 0 aromatic carbocycles. The summed E-state index contributed by atoms with van der Waals surface area (Å²) < 4.78 is 1.95. The van der Waals surface area contributed by atoms with Crippen molar-refractivity contribution in [3.8, 4) is 11.5 Å². The summed E-state index contributed by atoms with van der Waals surface area (Å²) in [5.41, 5.74) is 1.68. The highest BCUT2D eigenvalue weighted by atomic mass is 32.2. The Labute approximate surface area is 144 Å². The van der Waals surface area contributed by atoms with Crippen LogP contribution in [0.25, 0.3) is 11.5 Å². The lowest BCUT2D eigenvalue weighted by atomic mass is 10.3. The third kappa shape index (κ3) is 3.48. The van der Waals surface area contributed by atoms with E-state index < -0.39 is 0 Å². The van der Waals surface area contributed by atoms with Crippen LogP contribution in [0.4, 0.5) is 0 Å². The maximum Gasteiger partial charge on any atom is 0.198 e. The van der Waals surface area contributed by atoms with Gasteiger partial charge in [-0.25, -0.2) is 15.0 Å². The van der Waals surface area contributed by atoms with Crippen molar-refractivity contribution in [1.82, 2.24) is 34.7 Å². The Bertz CT molecular complexity index is 845. The average Bonchev–Trinajstić information content (AvgIpc) is 2.98. The third-order valence-corrected chi connectivity index (χ3v) is 4.15. The molecule has 0 N–H and O–H groups in total. The molecular weight excluding hydrogens is 322 g/mol. The van der Waals surface area contributed by atoms with E-state index >= 15 is 0 Å². The van der Waals surface area contributed by atoms with Crippen molar-refractivity contribution in [2.75, 3.05) is 0 Å². The molecule has 0 amide bonds. The van der Waals surface area contributed by atoms with E-state index in [1.165, 1.54) is 11.8 Å². The monoisotopic (exact) mass is 339 g/mol. The molecule has 0 radical (unpaired) electrons. The maximum absolute atomic E-state index is 4.48. The van der Waals surface area contributed by atoms with Crippen molar-refractivity contribution in [3.05, 3.63) is 48.8 Å². The number of hydrogen-bond acceptors (Lipinski definition) is 7. The van der Waals surface area contributed by atoms with Crippen molar-refractivity contribution < 1.29 is 0 Å². The fourth-order valence-electron chi connectivity index (χ4n) is 2.19. The molecular formula is C16H17N7S. The van der Waals surface area contributed by atoms with E-state index in [-0.39, 0.29) is 0 Å². The Morgan fingerprint density at radius 2 is 2.12 bits per heavy atom. The average molecular weight is 339 g/mol. The molecule has 0 bridgehead atoms. The first-order chi connectivity index (χ1) is 11.7. The molecule has 3 aromatic heterocycles. The van der Waals surface area contributed by atoms with Gasteiger partial charge in [-0.05, 0) is 31.2 Å². The first-order valence-corrected chi connectivity index (χ1v) is 8.35. The van der Waals surface area contributed by atoms with Crippen LogP contribution in [-0.4, -0.2) is 34.7 Å². The van der Waals surface area contributed by atoms with Gasteiger partial charge in [-0.2, -0.15) is 0 Å². The number of rotatable bonds is 6. The van der Waals surface area contributed by atoms with E-state index in [1.54, 1.807) is 24.7 Å². The van der Waals surface area contributed by atoms with Crippen LogP contribution in [0.3, 0.4) is 0 Å². The zero-order valence-corrected chi connectivity index (χ0v) is 14.4. The van der Waals surface area contributed by atoms with Gasteiger partial charge in [0, 0.05) is 24.6 Å². The molecule has 0 unspecified atom stereocenters. The lowest BCUT2D eigenvalue weighted by molar-refractivity contribution is 0.727. The highest BCUT2D eigenvalue weighted by Gasteiger charge is 2.16. The number of allylic oxidation sites excluding steroid dienone is 1. The van der Waals surface area contributed by atoms with Gasteiger partial charge in [0.15, 0.2) is 11.0 Å². The topological polar surface area (TPSA) is 82.3 Å². The Morgan fingerprint density at radius 1 is 1.25 bits per heavy atom. The van der Waals surface area contributed by atoms with Crippen LogP contribution in [-0.2, 0) is 13.0 Å². The zero-order chi connectivity index (χ0) is 16.9. The number of hydrogen-bond donors (Lipinski definition) is 0. The quantitative estimate of drug-likeness (QED) is 0.504. The highest BCUT2D eigenvalue weighted by Crippen LogP contribution is 2.28. The van der Waals surface area contributed by atoms with Crippen LogP contribution in [0.1, 0.15) is 18.4 Å². The number of aromatic nitrogens is 7. The van der Waals surface area contributed by atoms with Crippen LogP contribution >= 0.6 is 11.8 Å². The normalized spacial score (nSPS) is 10.8. The van der Waals surface area contributed by atoms with Gasteiger partial charge in [0.2, 0.25) is 0 Å². The van der Waals surface area contributed by atoms with Gasteiger partial charge in [-0.1, -0.05) is 13.0 Å². The molecule has 0 atom stereocenters. The van der Waals surface area contributed by atoms with Crippen LogP contribution in [0.2, 0.25) is 0 Å². The van der Waals surface area contributed by atoms with Gasteiger partial charge in [0.25, 0.3) is 0 Å². The maximum atomic E-state index is 4.48. The Kier molecular flexibility index (Phi) is 4.95. The third-order valence-electron chi connectivity index (χ3n) is 3.25. The molecule has 3 rings (SSSR count). The lowest BCUT2D eigenvalue weighted by Crippen LogP contribution is -2.02. The minimum Gasteiger partial charge on any atom is -0.296 e. The van der Waals surface area contributed by atoms with Crippen LogP contribution < -0.4 is 0 Å². The van der Waals surface area contributed by atoms with E-state index in [9.17, 15) is 0 Å². The summed E-state index contributed by atoms with van der Waals surface area (Å²) in [5.74, 6) is 1.41. The summed E-state index contributed by atoms with van der Waals surface area (Å²) in [6, 6.07) is 1.98. The second kappa shape index (κ2) is 7.31. The minimum atomic E-state index is 0.575. The Balaban J connectivity index is 1.98. The van der Waals surface area contributed by atoms with Gasteiger partial charge in [-0.15, -0.1) is 16.8 Å². The van der Waals surface area contributed by atoms with E-state index in [0.29, 0.717) is 18.1 Å². The predicted molar refractivity (Wildman–Crippen MR) is 91.5 cm³/mol. The minimum absolute atomic E-state index is 0.575. The number of nitrogens with zero attached hydrogens (tertiary/aromatic N) is 7. The van der Waals surface area contributed by atoms with Crippen molar-refractivity contribution >= 4 is 11.8 Å². The smallest absolute Gasteiger partial charge is 0.198 e. The second-order valence-electron chi connectivity index (χ2n) is 5.00. The molecule has 0 fully saturated rings. The lowest BCUT2D eigenvalue weighted by Gasteiger charge is -2.07. The molecule has 7 nitrogen and oxygen atoms in total. The molecule has 0 aliphatic heterocycles. The molecule has 8 heteroatoms. The summed E-state index contributed by atoms with van der Waals surface area (Å²) >= 11 is 1.46. The SMILES string of the molecule is C=CCn1c(Sc2cc(CC)nc(C)n2)nnc1-c1cnccn1. The van der Waals surface area contributed by atoms with Gasteiger partial charge < -0.3 is 0 Å².